The van der Waals surface area contributed by atoms with Crippen LogP contribution in [0.2, 0.25) is 0 Å². The van der Waals surface area contributed by atoms with Gasteiger partial charge in [0.05, 0.1) is 7.11 Å². The number of sulfonamides is 1. The van der Waals surface area contributed by atoms with E-state index in [0.717, 1.165) is 24.8 Å². The van der Waals surface area contributed by atoms with Crippen molar-refractivity contribution in [1.29, 1.82) is 0 Å². The molecule has 0 aliphatic heterocycles. The molecular formula is C14H24N2O3S. The second-order valence-corrected chi connectivity index (χ2v) is 6.39. The van der Waals surface area contributed by atoms with E-state index in [-0.39, 0.29) is 10.9 Å². The molecule has 0 heterocycles. The number of hydrogen-bond acceptors (Lipinski definition) is 4. The van der Waals surface area contributed by atoms with Gasteiger partial charge in [-0.05, 0) is 30.5 Å². The van der Waals surface area contributed by atoms with Gasteiger partial charge in [-0.3, -0.25) is 0 Å². The Bertz CT molecular complexity index is 529. The summed E-state index contributed by atoms with van der Waals surface area (Å²) in [7, 11) is -2.12. The zero-order valence-electron chi connectivity index (χ0n) is 12.3. The first-order valence-corrected chi connectivity index (χ1v) is 8.36. The lowest BCUT2D eigenvalue weighted by atomic mass is 10.1. The molecule has 114 valence electrons. The highest BCUT2D eigenvalue weighted by Gasteiger charge is 2.22. The smallest absolute Gasteiger partial charge is 0.244 e. The molecule has 6 heteroatoms. The predicted octanol–water partition coefficient (Wildman–Crippen LogP) is 2.01. The minimum absolute atomic E-state index is 0.0520. The molecule has 1 aromatic rings. The van der Waals surface area contributed by atoms with Crippen molar-refractivity contribution >= 4 is 10.0 Å². The van der Waals surface area contributed by atoms with Crippen LogP contribution in [0.3, 0.4) is 0 Å². The van der Waals surface area contributed by atoms with Crippen molar-refractivity contribution in [2.75, 3.05) is 7.11 Å². The van der Waals surface area contributed by atoms with Crippen molar-refractivity contribution in [3.05, 3.63) is 23.8 Å². The lowest BCUT2D eigenvalue weighted by molar-refractivity contribution is 0.401. The molecule has 20 heavy (non-hydrogen) atoms. The molecule has 0 aliphatic carbocycles. The second kappa shape index (κ2) is 7.61. The van der Waals surface area contributed by atoms with Crippen LogP contribution in [0.5, 0.6) is 5.75 Å². The molecule has 0 saturated carbocycles. The number of rotatable bonds is 8. The van der Waals surface area contributed by atoms with Gasteiger partial charge in [0.25, 0.3) is 0 Å². The molecule has 0 bridgehead atoms. The van der Waals surface area contributed by atoms with Crippen LogP contribution < -0.4 is 15.2 Å². The SMILES string of the molecule is CCCC(CC)NS(=O)(=O)c1ccc(CN)cc1OC. The minimum atomic E-state index is -3.58. The number of nitrogens with one attached hydrogen (secondary N) is 1. The zero-order chi connectivity index (χ0) is 15.2. The van der Waals surface area contributed by atoms with E-state index >= 15 is 0 Å². The van der Waals surface area contributed by atoms with Crippen LogP contribution >= 0.6 is 0 Å². The molecule has 0 saturated heterocycles. The summed E-state index contributed by atoms with van der Waals surface area (Å²) in [5, 5.41) is 0. The fourth-order valence-electron chi connectivity index (χ4n) is 2.04. The lowest BCUT2D eigenvalue weighted by Crippen LogP contribution is -2.34. The van der Waals surface area contributed by atoms with Crippen LogP contribution in [0.15, 0.2) is 23.1 Å². The first-order valence-electron chi connectivity index (χ1n) is 6.87. The van der Waals surface area contributed by atoms with Gasteiger partial charge in [-0.2, -0.15) is 0 Å². The summed E-state index contributed by atoms with van der Waals surface area (Å²) in [6.45, 7) is 4.35. The molecule has 1 rings (SSSR count). The van der Waals surface area contributed by atoms with Crippen LogP contribution in [0.1, 0.15) is 38.7 Å². The molecule has 1 unspecified atom stereocenters. The zero-order valence-corrected chi connectivity index (χ0v) is 13.2. The summed E-state index contributed by atoms with van der Waals surface area (Å²) in [5.41, 5.74) is 6.39. The monoisotopic (exact) mass is 300 g/mol. The Morgan fingerprint density at radius 1 is 1.35 bits per heavy atom. The second-order valence-electron chi connectivity index (χ2n) is 4.70. The van der Waals surface area contributed by atoms with Gasteiger partial charge in [-0.1, -0.05) is 26.3 Å². The Balaban J connectivity index is 3.08. The highest BCUT2D eigenvalue weighted by molar-refractivity contribution is 7.89. The van der Waals surface area contributed by atoms with E-state index in [1.807, 2.05) is 13.8 Å². The van der Waals surface area contributed by atoms with Crippen molar-refractivity contribution in [3.63, 3.8) is 0 Å². The molecule has 1 atom stereocenters. The largest absolute Gasteiger partial charge is 0.495 e. The van der Waals surface area contributed by atoms with Crippen LogP contribution in [0, 0.1) is 0 Å². The standard InChI is InChI=1S/C14H24N2O3S/c1-4-6-12(5-2)16-20(17,18)14-8-7-11(10-15)9-13(14)19-3/h7-9,12,16H,4-6,10,15H2,1-3H3. The predicted molar refractivity (Wildman–Crippen MR) is 80.2 cm³/mol. The maximum atomic E-state index is 12.4. The van der Waals surface area contributed by atoms with Crippen molar-refractivity contribution < 1.29 is 13.2 Å². The summed E-state index contributed by atoms with van der Waals surface area (Å²) in [6.07, 6.45) is 2.51. The molecule has 0 radical (unpaired) electrons. The summed E-state index contributed by atoms with van der Waals surface area (Å²) >= 11 is 0. The van der Waals surface area contributed by atoms with Gasteiger partial charge in [0, 0.05) is 12.6 Å². The molecule has 0 aliphatic rings. The van der Waals surface area contributed by atoms with Crippen LogP contribution in [-0.2, 0) is 16.6 Å². The summed E-state index contributed by atoms with van der Waals surface area (Å²) in [6, 6.07) is 4.86. The van der Waals surface area contributed by atoms with Crippen molar-refractivity contribution in [2.45, 2.75) is 50.6 Å². The van der Waals surface area contributed by atoms with E-state index in [4.69, 9.17) is 10.5 Å². The van der Waals surface area contributed by atoms with E-state index in [2.05, 4.69) is 4.72 Å². The first kappa shape index (κ1) is 16.9. The van der Waals surface area contributed by atoms with Crippen molar-refractivity contribution in [1.82, 2.24) is 4.72 Å². The van der Waals surface area contributed by atoms with Crippen molar-refractivity contribution in [2.24, 2.45) is 5.73 Å². The maximum absolute atomic E-state index is 12.4. The number of benzene rings is 1. The Labute approximate surface area is 121 Å². The summed E-state index contributed by atoms with van der Waals surface area (Å²) in [4.78, 5) is 0.159. The Morgan fingerprint density at radius 2 is 2.05 bits per heavy atom. The van der Waals surface area contributed by atoms with Gasteiger partial charge in [0.2, 0.25) is 10.0 Å². The number of ether oxygens (including phenoxy) is 1. The van der Waals surface area contributed by atoms with E-state index in [1.165, 1.54) is 7.11 Å². The van der Waals surface area contributed by atoms with E-state index < -0.39 is 10.0 Å². The highest BCUT2D eigenvalue weighted by atomic mass is 32.2. The minimum Gasteiger partial charge on any atom is -0.495 e. The molecule has 5 nitrogen and oxygen atoms in total. The van der Waals surface area contributed by atoms with Crippen LogP contribution in [-0.4, -0.2) is 21.6 Å². The number of methoxy groups -OCH3 is 1. The lowest BCUT2D eigenvalue weighted by Gasteiger charge is -2.18. The van der Waals surface area contributed by atoms with Gasteiger partial charge in [0.1, 0.15) is 10.6 Å². The fourth-order valence-corrected chi connectivity index (χ4v) is 3.54. The van der Waals surface area contributed by atoms with E-state index in [1.54, 1.807) is 18.2 Å². The van der Waals surface area contributed by atoms with Gasteiger partial charge in [-0.15, -0.1) is 0 Å². The average molecular weight is 300 g/mol. The Hall–Kier alpha value is -1.11. The quantitative estimate of drug-likeness (QED) is 0.769. The molecule has 0 fully saturated rings. The summed E-state index contributed by atoms with van der Waals surface area (Å²) in [5.74, 6) is 0.326. The molecule has 0 amide bonds. The molecular weight excluding hydrogens is 276 g/mol. The molecule has 0 spiro atoms. The topological polar surface area (TPSA) is 81.4 Å². The van der Waals surface area contributed by atoms with Gasteiger partial charge in [0.15, 0.2) is 0 Å². The van der Waals surface area contributed by atoms with Gasteiger partial charge >= 0.3 is 0 Å². The third kappa shape index (κ3) is 4.19. The van der Waals surface area contributed by atoms with E-state index in [9.17, 15) is 8.42 Å². The van der Waals surface area contributed by atoms with Crippen LogP contribution in [0.25, 0.3) is 0 Å². The highest BCUT2D eigenvalue weighted by Crippen LogP contribution is 2.25. The number of nitrogens with two attached hydrogens (primary N) is 1. The number of hydrogen-bond donors (Lipinski definition) is 2. The first-order chi connectivity index (χ1) is 9.48. The van der Waals surface area contributed by atoms with E-state index in [0.29, 0.717) is 12.3 Å². The average Bonchev–Trinajstić information content (AvgIpc) is 2.45. The maximum Gasteiger partial charge on any atom is 0.244 e. The van der Waals surface area contributed by atoms with Gasteiger partial charge < -0.3 is 10.5 Å². The van der Waals surface area contributed by atoms with Crippen LogP contribution in [0.4, 0.5) is 0 Å². The third-order valence-corrected chi connectivity index (χ3v) is 4.76. The normalized spacial score (nSPS) is 13.2. The fraction of sp³-hybridized carbons (Fsp3) is 0.571. The Kier molecular flexibility index (Phi) is 6.45. The van der Waals surface area contributed by atoms with Gasteiger partial charge in [-0.25, -0.2) is 13.1 Å². The third-order valence-electron chi connectivity index (χ3n) is 3.21. The Morgan fingerprint density at radius 3 is 2.55 bits per heavy atom. The molecule has 0 aromatic heterocycles. The molecule has 3 N–H and O–H groups in total. The molecule has 1 aromatic carbocycles. The van der Waals surface area contributed by atoms with Crippen molar-refractivity contribution in [3.8, 4) is 5.75 Å². The summed E-state index contributed by atoms with van der Waals surface area (Å²) < 4.78 is 32.8.